The van der Waals surface area contributed by atoms with Crippen molar-refractivity contribution < 1.29 is 14.0 Å². The molecule has 3 saturated carbocycles. The highest BCUT2D eigenvalue weighted by Crippen LogP contribution is 2.52. The smallest absolute Gasteiger partial charge is 0.202 e. The van der Waals surface area contributed by atoms with Gasteiger partial charge in [-0.25, -0.2) is 4.39 Å². The average molecular weight is 210 g/mol. The van der Waals surface area contributed by atoms with E-state index >= 15 is 0 Å². The second-order valence-electron chi connectivity index (χ2n) is 5.21. The predicted molar refractivity (Wildman–Crippen MR) is 52.0 cm³/mol. The number of alkyl halides is 1. The number of halogens is 1. The third-order valence-electron chi connectivity index (χ3n) is 4.61. The van der Waals surface area contributed by atoms with Gasteiger partial charge in [0.05, 0.1) is 0 Å². The van der Waals surface area contributed by atoms with Gasteiger partial charge in [0, 0.05) is 11.8 Å². The Bertz CT molecular complexity index is 310. The predicted octanol–water partition coefficient (Wildman–Crippen LogP) is 1.92. The molecule has 5 atom stereocenters. The minimum atomic E-state index is -0.771. The topological polar surface area (TPSA) is 34.1 Å². The zero-order valence-corrected chi connectivity index (χ0v) is 8.62. The van der Waals surface area contributed by atoms with Crippen molar-refractivity contribution in [3.05, 3.63) is 0 Å². The van der Waals surface area contributed by atoms with Gasteiger partial charge in [-0.05, 0) is 37.5 Å². The second kappa shape index (κ2) is 3.13. The van der Waals surface area contributed by atoms with E-state index in [0.29, 0.717) is 12.8 Å². The molecule has 3 aliphatic rings. The summed E-state index contributed by atoms with van der Waals surface area (Å²) in [5, 5.41) is 0. The van der Waals surface area contributed by atoms with Crippen LogP contribution in [0.5, 0.6) is 0 Å². The fourth-order valence-electron chi connectivity index (χ4n) is 3.98. The number of rotatable bonds is 0. The molecule has 3 rings (SSSR count). The lowest BCUT2D eigenvalue weighted by atomic mass is 9.64. The van der Waals surface area contributed by atoms with Crippen LogP contribution in [0.2, 0.25) is 0 Å². The molecular weight excluding hydrogens is 195 g/mol. The number of carbonyl (C=O) groups is 2. The molecule has 0 bridgehead atoms. The van der Waals surface area contributed by atoms with Crippen molar-refractivity contribution in [3.8, 4) is 0 Å². The van der Waals surface area contributed by atoms with Crippen molar-refractivity contribution >= 4 is 11.6 Å². The van der Waals surface area contributed by atoms with Gasteiger partial charge in [0.15, 0.2) is 0 Å². The maximum atomic E-state index is 13.7. The first kappa shape index (κ1) is 9.49. The van der Waals surface area contributed by atoms with E-state index < -0.39 is 6.17 Å². The molecule has 82 valence electrons. The summed E-state index contributed by atoms with van der Waals surface area (Å²) in [7, 11) is 0. The molecule has 0 saturated heterocycles. The van der Waals surface area contributed by atoms with E-state index in [-0.39, 0.29) is 35.2 Å². The molecule has 15 heavy (non-hydrogen) atoms. The van der Waals surface area contributed by atoms with Crippen molar-refractivity contribution in [3.63, 3.8) is 0 Å². The number of ketones is 2. The number of carbonyl (C=O) groups excluding carboxylic acids is 2. The fraction of sp³-hybridized carbons (Fsp3) is 0.833. The molecule has 0 radical (unpaired) electrons. The molecule has 0 aliphatic heterocycles. The first-order chi connectivity index (χ1) is 7.20. The van der Waals surface area contributed by atoms with Crippen LogP contribution >= 0.6 is 0 Å². The van der Waals surface area contributed by atoms with Gasteiger partial charge in [-0.1, -0.05) is 6.42 Å². The second-order valence-corrected chi connectivity index (χ2v) is 5.21. The standard InChI is InChI=1S/C12H15FO2/c13-9-5-4-8-10-6(9)2-1-3-7(10)11(14)12(8)15/h6-10H,1-5H2. The largest absolute Gasteiger partial charge is 0.291 e. The summed E-state index contributed by atoms with van der Waals surface area (Å²) in [4.78, 5) is 23.4. The summed E-state index contributed by atoms with van der Waals surface area (Å²) >= 11 is 0. The lowest BCUT2D eigenvalue weighted by Gasteiger charge is -2.41. The molecule has 3 aliphatic carbocycles. The normalized spacial score (nSPS) is 49.3. The molecule has 0 amide bonds. The zero-order chi connectivity index (χ0) is 10.6. The highest BCUT2D eigenvalue weighted by Gasteiger charge is 2.56. The maximum absolute atomic E-state index is 13.7. The molecule has 2 nitrogen and oxygen atoms in total. The van der Waals surface area contributed by atoms with Crippen LogP contribution in [0.3, 0.4) is 0 Å². The maximum Gasteiger partial charge on any atom is 0.202 e. The third kappa shape index (κ3) is 1.15. The third-order valence-corrected chi connectivity index (χ3v) is 4.61. The summed E-state index contributed by atoms with van der Waals surface area (Å²) in [5.74, 6) is -0.576. The Labute approximate surface area is 88.2 Å². The van der Waals surface area contributed by atoms with Crippen LogP contribution in [0.1, 0.15) is 32.1 Å². The van der Waals surface area contributed by atoms with Gasteiger partial charge in [-0.15, -0.1) is 0 Å². The minimum Gasteiger partial charge on any atom is -0.291 e. The Morgan fingerprint density at radius 2 is 1.60 bits per heavy atom. The Hall–Kier alpha value is -0.730. The highest BCUT2D eigenvalue weighted by molar-refractivity contribution is 6.41. The van der Waals surface area contributed by atoms with Gasteiger partial charge >= 0.3 is 0 Å². The molecular formula is C12H15FO2. The van der Waals surface area contributed by atoms with E-state index in [1.54, 1.807) is 0 Å². The van der Waals surface area contributed by atoms with E-state index in [9.17, 15) is 14.0 Å². The van der Waals surface area contributed by atoms with Gasteiger partial charge in [-0.3, -0.25) is 9.59 Å². The molecule has 0 aromatic rings. The Balaban J connectivity index is 1.98. The number of Topliss-reactive ketones (excluding diaryl/α,β-unsaturated/α-hetero) is 2. The zero-order valence-electron chi connectivity index (χ0n) is 8.62. The van der Waals surface area contributed by atoms with Crippen LogP contribution in [-0.4, -0.2) is 17.7 Å². The van der Waals surface area contributed by atoms with Crippen LogP contribution < -0.4 is 0 Å². The Morgan fingerprint density at radius 3 is 2.33 bits per heavy atom. The molecule has 0 N–H and O–H groups in total. The van der Waals surface area contributed by atoms with E-state index in [0.717, 1.165) is 19.3 Å². The van der Waals surface area contributed by atoms with E-state index in [1.807, 2.05) is 0 Å². The van der Waals surface area contributed by atoms with Gasteiger partial charge in [0.1, 0.15) is 6.17 Å². The lowest BCUT2D eigenvalue weighted by molar-refractivity contribution is -0.137. The number of hydrogen-bond donors (Lipinski definition) is 0. The monoisotopic (exact) mass is 210 g/mol. The quantitative estimate of drug-likeness (QED) is 0.572. The van der Waals surface area contributed by atoms with Gasteiger partial charge < -0.3 is 0 Å². The van der Waals surface area contributed by atoms with Crippen LogP contribution in [0.15, 0.2) is 0 Å². The number of hydrogen-bond acceptors (Lipinski definition) is 2. The summed E-state index contributed by atoms with van der Waals surface area (Å²) in [6, 6.07) is 0. The summed E-state index contributed by atoms with van der Waals surface area (Å²) in [6.45, 7) is 0. The molecule has 3 fully saturated rings. The van der Waals surface area contributed by atoms with Gasteiger partial charge in [0.2, 0.25) is 11.6 Å². The van der Waals surface area contributed by atoms with Crippen LogP contribution in [0.4, 0.5) is 4.39 Å². The summed E-state index contributed by atoms with van der Waals surface area (Å²) < 4.78 is 13.7. The van der Waals surface area contributed by atoms with Crippen LogP contribution in [-0.2, 0) is 9.59 Å². The summed E-state index contributed by atoms with van der Waals surface area (Å²) in [5.41, 5.74) is 0. The minimum absolute atomic E-state index is 0.00194. The van der Waals surface area contributed by atoms with Gasteiger partial charge in [0.25, 0.3) is 0 Å². The molecule has 3 heteroatoms. The van der Waals surface area contributed by atoms with Crippen molar-refractivity contribution in [2.24, 2.45) is 23.7 Å². The van der Waals surface area contributed by atoms with E-state index in [4.69, 9.17) is 0 Å². The van der Waals surface area contributed by atoms with Crippen molar-refractivity contribution in [2.45, 2.75) is 38.3 Å². The molecule has 5 unspecified atom stereocenters. The fourth-order valence-corrected chi connectivity index (χ4v) is 3.98. The van der Waals surface area contributed by atoms with Crippen molar-refractivity contribution in [1.29, 1.82) is 0 Å². The van der Waals surface area contributed by atoms with Crippen molar-refractivity contribution in [2.75, 3.05) is 0 Å². The van der Waals surface area contributed by atoms with Crippen LogP contribution in [0.25, 0.3) is 0 Å². The highest BCUT2D eigenvalue weighted by atomic mass is 19.1. The van der Waals surface area contributed by atoms with E-state index in [2.05, 4.69) is 0 Å². The first-order valence-corrected chi connectivity index (χ1v) is 5.92. The lowest BCUT2D eigenvalue weighted by Crippen LogP contribution is -2.39. The Morgan fingerprint density at radius 1 is 0.933 bits per heavy atom. The molecule has 0 aromatic heterocycles. The molecule has 0 spiro atoms. The van der Waals surface area contributed by atoms with E-state index in [1.165, 1.54) is 0 Å². The van der Waals surface area contributed by atoms with Crippen LogP contribution in [0, 0.1) is 23.7 Å². The summed E-state index contributed by atoms with van der Waals surface area (Å²) in [6.07, 6.45) is 2.92. The average Bonchev–Trinajstić information content (AvgIpc) is 2.50. The molecule has 0 aromatic carbocycles. The SMILES string of the molecule is O=C1C(=O)C2CCC(F)C3CCCC1C23. The van der Waals surface area contributed by atoms with Crippen molar-refractivity contribution in [1.82, 2.24) is 0 Å². The first-order valence-electron chi connectivity index (χ1n) is 5.92. The Kier molecular flexibility index (Phi) is 1.98. The molecule has 0 heterocycles. The van der Waals surface area contributed by atoms with Gasteiger partial charge in [-0.2, -0.15) is 0 Å².